The number of halogens is 1. The van der Waals surface area contributed by atoms with Crippen LogP contribution in [-0.2, 0) is 5.33 Å². The largest absolute Gasteiger partial charge is 0.490 e. The van der Waals surface area contributed by atoms with E-state index in [0.29, 0.717) is 6.61 Å². The lowest BCUT2D eigenvalue weighted by Gasteiger charge is -2.13. The molecule has 1 aromatic carbocycles. The molecule has 120 valence electrons. The lowest BCUT2D eigenvalue weighted by Crippen LogP contribution is -2.01. The first-order chi connectivity index (χ1) is 10.3. The van der Waals surface area contributed by atoms with Crippen LogP contribution < -0.4 is 9.47 Å². The summed E-state index contributed by atoms with van der Waals surface area (Å²) in [4.78, 5) is 0. The van der Waals surface area contributed by atoms with Gasteiger partial charge in [0.15, 0.2) is 11.5 Å². The van der Waals surface area contributed by atoms with Gasteiger partial charge in [0.25, 0.3) is 0 Å². The Labute approximate surface area is 138 Å². The summed E-state index contributed by atoms with van der Waals surface area (Å²) in [6, 6.07) is 6.15. The van der Waals surface area contributed by atoms with E-state index in [1.165, 1.54) is 44.1 Å². The van der Waals surface area contributed by atoms with Gasteiger partial charge in [0.2, 0.25) is 0 Å². The Hall–Kier alpha value is -0.700. The third-order valence-corrected chi connectivity index (χ3v) is 4.12. The molecule has 0 heterocycles. The first-order valence-electron chi connectivity index (χ1n) is 8.26. The summed E-state index contributed by atoms with van der Waals surface area (Å²) in [5.74, 6) is 1.73. The molecular weight excluding hydrogens is 328 g/mol. The lowest BCUT2D eigenvalue weighted by atomic mass is 10.1. The van der Waals surface area contributed by atoms with Crippen LogP contribution in [0.4, 0.5) is 0 Å². The molecule has 0 radical (unpaired) electrons. The van der Waals surface area contributed by atoms with Crippen molar-refractivity contribution in [1.29, 1.82) is 0 Å². The summed E-state index contributed by atoms with van der Waals surface area (Å²) >= 11 is 3.47. The van der Waals surface area contributed by atoms with E-state index < -0.39 is 0 Å². The van der Waals surface area contributed by atoms with E-state index in [1.54, 1.807) is 0 Å². The zero-order valence-corrected chi connectivity index (χ0v) is 15.1. The second kappa shape index (κ2) is 11.9. The van der Waals surface area contributed by atoms with Crippen molar-refractivity contribution in [1.82, 2.24) is 0 Å². The molecule has 0 saturated heterocycles. The van der Waals surface area contributed by atoms with Gasteiger partial charge in [0.05, 0.1) is 13.2 Å². The maximum atomic E-state index is 5.88. The molecule has 0 aliphatic heterocycles. The minimum Gasteiger partial charge on any atom is -0.490 e. The molecule has 0 N–H and O–H groups in total. The summed E-state index contributed by atoms with van der Waals surface area (Å²) in [5, 5.41) is 0.838. The fraction of sp³-hybridized carbons (Fsp3) is 0.667. The van der Waals surface area contributed by atoms with Gasteiger partial charge in [-0.3, -0.25) is 0 Å². The Morgan fingerprint density at radius 1 is 0.857 bits per heavy atom. The average molecular weight is 357 g/mol. The molecule has 0 spiro atoms. The van der Waals surface area contributed by atoms with Crippen molar-refractivity contribution in [2.45, 2.75) is 64.1 Å². The van der Waals surface area contributed by atoms with Gasteiger partial charge >= 0.3 is 0 Å². The Bertz CT molecular complexity index is 379. The zero-order chi connectivity index (χ0) is 15.3. The molecule has 0 aromatic heterocycles. The van der Waals surface area contributed by atoms with Crippen LogP contribution >= 0.6 is 15.9 Å². The van der Waals surface area contributed by atoms with E-state index in [-0.39, 0.29) is 0 Å². The van der Waals surface area contributed by atoms with Crippen LogP contribution in [0, 0.1) is 0 Å². The van der Waals surface area contributed by atoms with Crippen molar-refractivity contribution in [3.8, 4) is 11.5 Å². The number of alkyl halides is 1. The van der Waals surface area contributed by atoms with Gasteiger partial charge in [-0.2, -0.15) is 0 Å². The summed E-state index contributed by atoms with van der Waals surface area (Å²) in [5.41, 5.74) is 1.21. The molecule has 1 aromatic rings. The monoisotopic (exact) mass is 356 g/mol. The number of hydrogen-bond donors (Lipinski definition) is 0. The topological polar surface area (TPSA) is 18.5 Å². The van der Waals surface area contributed by atoms with E-state index in [2.05, 4.69) is 35.0 Å². The van der Waals surface area contributed by atoms with Gasteiger partial charge in [0, 0.05) is 5.33 Å². The molecule has 0 unspecified atom stereocenters. The number of benzene rings is 1. The molecule has 0 aliphatic carbocycles. The molecule has 2 nitrogen and oxygen atoms in total. The fourth-order valence-corrected chi connectivity index (χ4v) is 2.61. The van der Waals surface area contributed by atoms with E-state index in [1.807, 2.05) is 13.0 Å². The van der Waals surface area contributed by atoms with Crippen molar-refractivity contribution in [3.05, 3.63) is 23.8 Å². The van der Waals surface area contributed by atoms with Gasteiger partial charge in [-0.05, 0) is 31.0 Å². The highest BCUT2D eigenvalue weighted by Gasteiger charge is 2.06. The number of ether oxygens (including phenoxy) is 2. The summed E-state index contributed by atoms with van der Waals surface area (Å²) in [7, 11) is 0. The van der Waals surface area contributed by atoms with E-state index in [9.17, 15) is 0 Å². The fourth-order valence-electron chi connectivity index (χ4n) is 2.26. The molecule has 1 rings (SSSR count). The van der Waals surface area contributed by atoms with Gasteiger partial charge < -0.3 is 9.47 Å². The predicted octanol–water partition coefficient (Wildman–Crippen LogP) is 6.11. The molecule has 0 aliphatic rings. The van der Waals surface area contributed by atoms with Crippen molar-refractivity contribution in [3.63, 3.8) is 0 Å². The number of rotatable bonds is 12. The van der Waals surface area contributed by atoms with Crippen LogP contribution in [0.25, 0.3) is 0 Å². The van der Waals surface area contributed by atoms with Crippen molar-refractivity contribution < 1.29 is 9.47 Å². The van der Waals surface area contributed by atoms with Crippen LogP contribution in [0.15, 0.2) is 18.2 Å². The highest BCUT2D eigenvalue weighted by Crippen LogP contribution is 2.29. The maximum absolute atomic E-state index is 5.88. The van der Waals surface area contributed by atoms with Crippen LogP contribution in [-0.4, -0.2) is 13.2 Å². The highest BCUT2D eigenvalue weighted by molar-refractivity contribution is 9.08. The van der Waals surface area contributed by atoms with Crippen LogP contribution in [0.5, 0.6) is 11.5 Å². The van der Waals surface area contributed by atoms with E-state index >= 15 is 0 Å². The van der Waals surface area contributed by atoms with Gasteiger partial charge in [0.1, 0.15) is 0 Å². The minimum atomic E-state index is 0.666. The standard InChI is InChI=1S/C18H29BrO2/c1-3-5-6-7-8-9-10-13-21-17-12-11-16(15-19)14-18(17)20-4-2/h11-12,14H,3-10,13,15H2,1-2H3. The lowest BCUT2D eigenvalue weighted by molar-refractivity contribution is 0.270. The number of unbranched alkanes of at least 4 members (excludes halogenated alkanes) is 6. The summed E-state index contributed by atoms with van der Waals surface area (Å²) in [6.45, 7) is 5.70. The second-order valence-corrected chi connectivity index (χ2v) is 5.88. The summed E-state index contributed by atoms with van der Waals surface area (Å²) in [6.07, 6.45) is 9.12. The molecule has 0 bridgehead atoms. The quantitative estimate of drug-likeness (QED) is 0.332. The van der Waals surface area contributed by atoms with E-state index in [4.69, 9.17) is 9.47 Å². The second-order valence-electron chi connectivity index (χ2n) is 5.32. The van der Waals surface area contributed by atoms with Gasteiger partial charge in [-0.1, -0.05) is 67.4 Å². The van der Waals surface area contributed by atoms with Crippen molar-refractivity contribution in [2.75, 3.05) is 13.2 Å². The molecule has 3 heteroatoms. The first-order valence-corrected chi connectivity index (χ1v) is 9.38. The minimum absolute atomic E-state index is 0.666. The van der Waals surface area contributed by atoms with E-state index in [0.717, 1.165) is 29.9 Å². The maximum Gasteiger partial charge on any atom is 0.161 e. The molecule has 0 saturated carbocycles. The highest BCUT2D eigenvalue weighted by atomic mass is 79.9. The number of hydrogen-bond acceptors (Lipinski definition) is 2. The third-order valence-electron chi connectivity index (χ3n) is 3.47. The molecule has 21 heavy (non-hydrogen) atoms. The van der Waals surface area contributed by atoms with Crippen LogP contribution in [0.1, 0.15) is 64.4 Å². The Morgan fingerprint density at radius 3 is 2.24 bits per heavy atom. The van der Waals surface area contributed by atoms with Gasteiger partial charge in [-0.25, -0.2) is 0 Å². The smallest absolute Gasteiger partial charge is 0.161 e. The van der Waals surface area contributed by atoms with Crippen LogP contribution in [0.2, 0.25) is 0 Å². The average Bonchev–Trinajstić information content (AvgIpc) is 2.51. The Morgan fingerprint density at radius 2 is 1.57 bits per heavy atom. The summed E-state index contributed by atoms with van der Waals surface area (Å²) < 4.78 is 11.5. The van der Waals surface area contributed by atoms with Gasteiger partial charge in [-0.15, -0.1) is 0 Å². The zero-order valence-electron chi connectivity index (χ0n) is 13.5. The SMILES string of the molecule is CCCCCCCCCOc1ccc(CBr)cc1OCC. The molecule has 0 amide bonds. The third kappa shape index (κ3) is 7.75. The van der Waals surface area contributed by atoms with Crippen molar-refractivity contribution in [2.24, 2.45) is 0 Å². The molecule has 0 fully saturated rings. The van der Waals surface area contributed by atoms with Crippen molar-refractivity contribution >= 4 is 15.9 Å². The van der Waals surface area contributed by atoms with Crippen LogP contribution in [0.3, 0.4) is 0 Å². The normalized spacial score (nSPS) is 10.6. The Kier molecular flexibility index (Phi) is 10.4. The molecular formula is C18H29BrO2. The predicted molar refractivity (Wildman–Crippen MR) is 93.7 cm³/mol. The molecule has 0 atom stereocenters. The first kappa shape index (κ1) is 18.3. The Balaban J connectivity index is 2.27.